The first-order valence-corrected chi connectivity index (χ1v) is 15.4. The second kappa shape index (κ2) is 11.2. The lowest BCUT2D eigenvalue weighted by atomic mass is 9.96. The van der Waals surface area contributed by atoms with Crippen molar-refractivity contribution in [3.8, 4) is 17.1 Å². The first kappa shape index (κ1) is 30.6. The second-order valence-corrected chi connectivity index (χ2v) is 13.5. The predicted molar refractivity (Wildman–Crippen MR) is 169 cm³/mol. The van der Waals surface area contributed by atoms with Crippen molar-refractivity contribution in [2.45, 2.75) is 78.2 Å². The van der Waals surface area contributed by atoms with Gasteiger partial charge in [0.2, 0.25) is 0 Å². The van der Waals surface area contributed by atoms with Crippen molar-refractivity contribution >= 4 is 34.2 Å². The molecule has 2 aliphatic rings. The van der Waals surface area contributed by atoms with Crippen molar-refractivity contribution < 1.29 is 28.6 Å². The van der Waals surface area contributed by atoms with Crippen molar-refractivity contribution in [2.24, 2.45) is 5.92 Å². The Bertz CT molecular complexity index is 1830. The summed E-state index contributed by atoms with van der Waals surface area (Å²) >= 11 is 0. The van der Waals surface area contributed by atoms with Crippen molar-refractivity contribution in [2.75, 3.05) is 20.2 Å². The number of hydrogen-bond donors (Lipinski definition) is 1. The molecule has 0 spiro atoms. The van der Waals surface area contributed by atoms with Gasteiger partial charge in [0, 0.05) is 53.3 Å². The number of carboxylic acid groups (broad SMARTS) is 1. The number of piperidine rings is 1. The van der Waals surface area contributed by atoms with Gasteiger partial charge in [0.15, 0.2) is 5.78 Å². The molecule has 2 fully saturated rings. The molecule has 1 N–H and O–H groups in total. The maximum absolute atomic E-state index is 15.0. The number of aromatic nitrogens is 3. The molecule has 1 saturated heterocycles. The van der Waals surface area contributed by atoms with Crippen LogP contribution in [0.2, 0.25) is 0 Å². The molecule has 11 heteroatoms. The van der Waals surface area contributed by atoms with Crippen LogP contribution in [-0.4, -0.2) is 84.8 Å². The molecular weight excluding hydrogens is 577 g/mol. The van der Waals surface area contributed by atoms with Gasteiger partial charge in [0.05, 0.1) is 31.0 Å². The minimum Gasteiger partial charge on any atom is -0.494 e. The molecule has 2 atom stereocenters. The maximum atomic E-state index is 15.0. The van der Waals surface area contributed by atoms with Gasteiger partial charge in [-0.05, 0) is 71.6 Å². The normalized spacial score (nSPS) is 18.9. The molecule has 1 saturated carbocycles. The number of aryl methyl sites for hydroxylation is 1. The molecule has 3 aromatic heterocycles. The third-order valence-electron chi connectivity index (χ3n) is 9.05. The van der Waals surface area contributed by atoms with E-state index in [2.05, 4.69) is 10.6 Å². The van der Waals surface area contributed by atoms with Crippen LogP contribution < -0.4 is 4.74 Å². The molecule has 238 valence electrons. The summed E-state index contributed by atoms with van der Waals surface area (Å²) in [5.41, 5.74) is 4.39. The molecule has 2 amide bonds. The van der Waals surface area contributed by atoms with E-state index in [1.54, 1.807) is 44.5 Å². The summed E-state index contributed by atoms with van der Waals surface area (Å²) in [5, 5.41) is 15.9. The van der Waals surface area contributed by atoms with Gasteiger partial charge < -0.3 is 19.3 Å². The Balaban J connectivity index is 1.40. The SMILES string of the molecule is COc1cc(C(=O)N2C[C@H](F)C[C@@H](N(C(=O)O)C(C)(C)C)C2)cn2nc(-c3cc4ccc(C(C)=O)cc4n3CC3CC3)c(C)c12. The van der Waals surface area contributed by atoms with Gasteiger partial charge in [0.25, 0.3) is 5.91 Å². The Kier molecular flexibility index (Phi) is 7.61. The van der Waals surface area contributed by atoms with Gasteiger partial charge in [-0.15, -0.1) is 0 Å². The zero-order valence-corrected chi connectivity index (χ0v) is 26.6. The van der Waals surface area contributed by atoms with Crippen LogP contribution in [0.15, 0.2) is 36.5 Å². The van der Waals surface area contributed by atoms with E-state index in [4.69, 9.17) is 9.84 Å². The van der Waals surface area contributed by atoms with Gasteiger partial charge in [-0.3, -0.25) is 14.5 Å². The Morgan fingerprint density at radius 2 is 1.84 bits per heavy atom. The van der Waals surface area contributed by atoms with Crippen LogP contribution in [0.1, 0.15) is 73.2 Å². The zero-order chi connectivity index (χ0) is 32.4. The standard InChI is InChI=1S/C34H40FN5O5/c1-19-30(28-12-23-10-9-22(20(2)41)11-27(23)38(28)15-21-7-8-21)36-39-16-24(13-29(45-6)31(19)39)32(42)37-17-25(35)14-26(18-37)40(33(43)44)34(3,4)5/h9-13,16,21,25-26H,7-8,14-15,17-18H2,1-6H3,(H,43,44)/t25-,26-/m1/s1. The topological polar surface area (TPSA) is 109 Å². The smallest absolute Gasteiger partial charge is 0.408 e. The zero-order valence-electron chi connectivity index (χ0n) is 26.6. The van der Waals surface area contributed by atoms with Crippen molar-refractivity contribution in [1.29, 1.82) is 0 Å². The van der Waals surface area contributed by atoms with Gasteiger partial charge in [-0.2, -0.15) is 5.10 Å². The van der Waals surface area contributed by atoms with E-state index in [0.29, 0.717) is 22.7 Å². The molecule has 0 unspecified atom stereocenters. The summed E-state index contributed by atoms with van der Waals surface area (Å²) in [6.07, 6.45) is 1.47. The highest BCUT2D eigenvalue weighted by atomic mass is 19.1. The van der Waals surface area contributed by atoms with Crippen LogP contribution in [0.25, 0.3) is 27.8 Å². The number of benzene rings is 1. The number of fused-ring (bicyclic) bond motifs is 2. The molecule has 4 aromatic rings. The number of pyridine rings is 1. The van der Waals surface area contributed by atoms with Crippen molar-refractivity contribution in [1.82, 2.24) is 24.0 Å². The van der Waals surface area contributed by atoms with Crippen LogP contribution in [0.5, 0.6) is 5.75 Å². The van der Waals surface area contributed by atoms with Gasteiger partial charge in [0.1, 0.15) is 23.1 Å². The Hall–Kier alpha value is -4.41. The summed E-state index contributed by atoms with van der Waals surface area (Å²) in [7, 11) is 1.53. The third-order valence-corrected chi connectivity index (χ3v) is 9.05. The Morgan fingerprint density at radius 1 is 1.11 bits per heavy atom. The van der Waals surface area contributed by atoms with Crippen LogP contribution in [0.3, 0.4) is 0 Å². The summed E-state index contributed by atoms with van der Waals surface area (Å²) in [4.78, 5) is 40.8. The Morgan fingerprint density at radius 3 is 2.47 bits per heavy atom. The summed E-state index contributed by atoms with van der Waals surface area (Å²) < 4.78 is 24.7. The number of ketones is 1. The van der Waals surface area contributed by atoms with Gasteiger partial charge in [-0.1, -0.05) is 12.1 Å². The van der Waals surface area contributed by atoms with E-state index in [1.165, 1.54) is 16.9 Å². The Labute approximate surface area is 261 Å². The molecule has 45 heavy (non-hydrogen) atoms. The van der Waals surface area contributed by atoms with E-state index < -0.39 is 29.8 Å². The molecule has 4 heterocycles. The fourth-order valence-electron chi connectivity index (χ4n) is 6.77. The molecule has 0 radical (unpaired) electrons. The number of amides is 2. The van der Waals surface area contributed by atoms with Crippen LogP contribution in [0, 0.1) is 12.8 Å². The third kappa shape index (κ3) is 5.64. The molecule has 6 rings (SSSR count). The minimum atomic E-state index is -1.36. The number of likely N-dealkylation sites (tertiary alicyclic amines) is 1. The number of carbonyl (C=O) groups excluding carboxylic acids is 2. The van der Waals surface area contributed by atoms with Crippen LogP contribution in [-0.2, 0) is 6.54 Å². The number of ether oxygens (including phenoxy) is 1. The van der Waals surface area contributed by atoms with E-state index in [-0.39, 0.29) is 30.9 Å². The van der Waals surface area contributed by atoms with E-state index in [1.807, 2.05) is 25.1 Å². The quantitative estimate of drug-likeness (QED) is 0.247. The monoisotopic (exact) mass is 617 g/mol. The number of methoxy groups -OCH3 is 1. The largest absolute Gasteiger partial charge is 0.494 e. The number of nitrogens with zero attached hydrogens (tertiary/aromatic N) is 5. The average molecular weight is 618 g/mol. The highest BCUT2D eigenvalue weighted by Crippen LogP contribution is 2.39. The lowest BCUT2D eigenvalue weighted by Gasteiger charge is -2.45. The average Bonchev–Trinajstić information content (AvgIpc) is 3.64. The van der Waals surface area contributed by atoms with Crippen LogP contribution >= 0.6 is 0 Å². The van der Waals surface area contributed by atoms with Crippen molar-refractivity contribution in [3.63, 3.8) is 0 Å². The summed E-state index contributed by atoms with van der Waals surface area (Å²) in [6, 6.07) is 8.81. The van der Waals surface area contributed by atoms with Crippen LogP contribution in [0.4, 0.5) is 9.18 Å². The number of Topliss-reactive ketones (excluding diaryl/α,β-unsaturated/α-hetero) is 1. The molecule has 0 bridgehead atoms. The summed E-state index contributed by atoms with van der Waals surface area (Å²) in [6.45, 7) is 9.59. The molecule has 1 aliphatic heterocycles. The van der Waals surface area contributed by atoms with E-state index >= 15 is 4.39 Å². The van der Waals surface area contributed by atoms with E-state index in [9.17, 15) is 19.5 Å². The maximum Gasteiger partial charge on any atom is 0.408 e. The number of alkyl halides is 1. The minimum absolute atomic E-state index is 0.0108. The first-order chi connectivity index (χ1) is 21.3. The lowest BCUT2D eigenvalue weighted by Crippen LogP contribution is -2.59. The highest BCUT2D eigenvalue weighted by molar-refractivity contribution is 5.99. The van der Waals surface area contributed by atoms with Gasteiger partial charge in [-0.25, -0.2) is 13.7 Å². The molecule has 10 nitrogen and oxygen atoms in total. The first-order valence-electron chi connectivity index (χ1n) is 15.4. The summed E-state index contributed by atoms with van der Waals surface area (Å²) in [5.74, 6) is 0.611. The number of carbonyl (C=O) groups is 3. The fourth-order valence-corrected chi connectivity index (χ4v) is 6.77. The second-order valence-electron chi connectivity index (χ2n) is 13.5. The van der Waals surface area contributed by atoms with Gasteiger partial charge >= 0.3 is 6.09 Å². The molecular formula is C34H40FN5O5. The number of rotatable bonds is 7. The highest BCUT2D eigenvalue weighted by Gasteiger charge is 2.40. The fraction of sp³-hybridized carbons (Fsp3) is 0.471. The van der Waals surface area contributed by atoms with E-state index in [0.717, 1.165) is 47.2 Å². The molecule has 1 aliphatic carbocycles. The lowest BCUT2D eigenvalue weighted by molar-refractivity contribution is 0.0125. The molecule has 1 aromatic carbocycles. The predicted octanol–water partition coefficient (Wildman–Crippen LogP) is 6.22. The van der Waals surface area contributed by atoms with Crippen molar-refractivity contribution in [3.05, 3.63) is 53.2 Å². The number of hydrogen-bond acceptors (Lipinski definition) is 5. The number of halogens is 1.